The lowest BCUT2D eigenvalue weighted by Gasteiger charge is -2.23. The quantitative estimate of drug-likeness (QED) is 0.897. The SMILES string of the molecule is Cc1nc(NC(=O)OC(C)(C)C)sc1OC1CCNCC1. The first-order chi connectivity index (χ1) is 9.83. The van der Waals surface area contributed by atoms with Crippen molar-refractivity contribution < 1.29 is 14.3 Å². The monoisotopic (exact) mass is 313 g/mol. The summed E-state index contributed by atoms with van der Waals surface area (Å²) in [4.78, 5) is 16.0. The van der Waals surface area contributed by atoms with Crippen LogP contribution in [0, 0.1) is 6.92 Å². The number of ether oxygens (including phenoxy) is 2. The van der Waals surface area contributed by atoms with E-state index in [-0.39, 0.29) is 6.10 Å². The van der Waals surface area contributed by atoms with Crippen molar-refractivity contribution in [1.82, 2.24) is 10.3 Å². The first-order valence-electron chi connectivity index (χ1n) is 7.18. The first-order valence-corrected chi connectivity index (χ1v) is 8.00. The van der Waals surface area contributed by atoms with Crippen LogP contribution in [0.5, 0.6) is 5.06 Å². The lowest BCUT2D eigenvalue weighted by atomic mass is 10.1. The average Bonchev–Trinajstić information content (AvgIpc) is 2.68. The summed E-state index contributed by atoms with van der Waals surface area (Å²) in [5.41, 5.74) is 0.273. The largest absolute Gasteiger partial charge is 0.479 e. The maximum Gasteiger partial charge on any atom is 0.413 e. The Bertz CT molecular complexity index is 490. The van der Waals surface area contributed by atoms with Crippen molar-refractivity contribution in [3.8, 4) is 5.06 Å². The second-order valence-electron chi connectivity index (χ2n) is 6.09. The van der Waals surface area contributed by atoms with Crippen LogP contribution >= 0.6 is 11.3 Å². The fourth-order valence-corrected chi connectivity index (χ4v) is 2.87. The summed E-state index contributed by atoms with van der Waals surface area (Å²) in [6.07, 6.45) is 1.71. The molecule has 0 saturated carbocycles. The lowest BCUT2D eigenvalue weighted by Crippen LogP contribution is -2.34. The summed E-state index contributed by atoms with van der Waals surface area (Å²) in [6, 6.07) is 0. The molecule has 0 spiro atoms. The number of nitrogens with zero attached hydrogens (tertiary/aromatic N) is 1. The predicted octanol–water partition coefficient (Wildman–Crippen LogP) is 2.93. The van der Waals surface area contributed by atoms with Gasteiger partial charge < -0.3 is 14.8 Å². The van der Waals surface area contributed by atoms with E-state index in [0.29, 0.717) is 5.13 Å². The Kier molecular flexibility index (Phi) is 5.05. The molecular weight excluding hydrogens is 290 g/mol. The fraction of sp³-hybridized carbons (Fsp3) is 0.714. The fourth-order valence-electron chi connectivity index (χ4n) is 2.00. The molecule has 1 fully saturated rings. The topological polar surface area (TPSA) is 72.5 Å². The van der Waals surface area contributed by atoms with Gasteiger partial charge >= 0.3 is 6.09 Å². The number of rotatable bonds is 3. The van der Waals surface area contributed by atoms with Gasteiger partial charge in [0.25, 0.3) is 0 Å². The van der Waals surface area contributed by atoms with Crippen LogP contribution in [0.4, 0.5) is 9.93 Å². The Balaban J connectivity index is 1.93. The minimum Gasteiger partial charge on any atom is -0.479 e. The van der Waals surface area contributed by atoms with Crippen molar-refractivity contribution in [3.63, 3.8) is 0 Å². The molecule has 0 unspecified atom stereocenters. The van der Waals surface area contributed by atoms with Gasteiger partial charge in [0.15, 0.2) is 10.2 Å². The van der Waals surface area contributed by atoms with Gasteiger partial charge in [-0.05, 0) is 53.6 Å². The smallest absolute Gasteiger partial charge is 0.413 e. The summed E-state index contributed by atoms with van der Waals surface area (Å²) < 4.78 is 11.2. The number of carbonyl (C=O) groups is 1. The molecule has 0 aromatic carbocycles. The molecule has 0 aliphatic carbocycles. The first kappa shape index (κ1) is 16.0. The number of thiazole rings is 1. The zero-order chi connectivity index (χ0) is 15.5. The average molecular weight is 313 g/mol. The van der Waals surface area contributed by atoms with E-state index in [1.807, 2.05) is 27.7 Å². The maximum absolute atomic E-state index is 11.7. The van der Waals surface area contributed by atoms with Crippen LogP contribution in [0.1, 0.15) is 39.3 Å². The van der Waals surface area contributed by atoms with Gasteiger partial charge in [0.05, 0.1) is 5.69 Å². The van der Waals surface area contributed by atoms with Gasteiger partial charge in [0.2, 0.25) is 0 Å². The van der Waals surface area contributed by atoms with E-state index in [9.17, 15) is 4.79 Å². The third kappa shape index (κ3) is 5.17. The van der Waals surface area contributed by atoms with Crippen LogP contribution in [0.25, 0.3) is 0 Å². The number of carbonyl (C=O) groups excluding carboxylic acids is 1. The second kappa shape index (κ2) is 6.62. The summed E-state index contributed by atoms with van der Waals surface area (Å²) in [5, 5.41) is 7.23. The third-order valence-electron chi connectivity index (χ3n) is 2.92. The molecule has 2 heterocycles. The van der Waals surface area contributed by atoms with E-state index in [1.165, 1.54) is 11.3 Å². The van der Waals surface area contributed by atoms with E-state index in [1.54, 1.807) is 0 Å². The number of hydrogen-bond donors (Lipinski definition) is 2. The normalized spacial score (nSPS) is 16.6. The Morgan fingerprint density at radius 3 is 2.67 bits per heavy atom. The van der Waals surface area contributed by atoms with Crippen LogP contribution in [-0.4, -0.2) is 35.9 Å². The van der Waals surface area contributed by atoms with Crippen LogP contribution in [-0.2, 0) is 4.74 Å². The van der Waals surface area contributed by atoms with E-state index in [2.05, 4.69) is 15.6 Å². The number of aryl methyl sites for hydroxylation is 1. The standard InChI is InChI=1S/C14H23N3O3S/c1-9-11(19-10-5-7-15-8-6-10)21-12(16-9)17-13(18)20-14(2,3)4/h10,15H,5-8H2,1-4H3,(H,16,17,18). The van der Waals surface area contributed by atoms with Gasteiger partial charge in [-0.2, -0.15) is 0 Å². The number of aromatic nitrogens is 1. The molecule has 0 atom stereocenters. The number of amides is 1. The molecule has 1 aliphatic rings. The van der Waals surface area contributed by atoms with E-state index < -0.39 is 11.7 Å². The highest BCUT2D eigenvalue weighted by Crippen LogP contribution is 2.32. The zero-order valence-electron chi connectivity index (χ0n) is 13.0. The molecule has 1 aromatic heterocycles. The molecule has 1 aliphatic heterocycles. The summed E-state index contributed by atoms with van der Waals surface area (Å²) in [7, 11) is 0. The Labute approximate surface area is 129 Å². The predicted molar refractivity (Wildman–Crippen MR) is 83.2 cm³/mol. The maximum atomic E-state index is 11.7. The van der Waals surface area contributed by atoms with Crippen molar-refractivity contribution in [1.29, 1.82) is 0 Å². The van der Waals surface area contributed by atoms with Crippen molar-refractivity contribution >= 4 is 22.6 Å². The van der Waals surface area contributed by atoms with Crippen molar-refractivity contribution in [2.24, 2.45) is 0 Å². The lowest BCUT2D eigenvalue weighted by molar-refractivity contribution is 0.0636. The molecule has 2 rings (SSSR count). The second-order valence-corrected chi connectivity index (χ2v) is 7.05. The molecule has 1 amide bonds. The van der Waals surface area contributed by atoms with Gasteiger partial charge in [0, 0.05) is 0 Å². The molecule has 118 valence electrons. The molecule has 0 radical (unpaired) electrons. The van der Waals surface area contributed by atoms with Gasteiger partial charge in [-0.25, -0.2) is 9.78 Å². The van der Waals surface area contributed by atoms with Crippen LogP contribution in [0.2, 0.25) is 0 Å². The minimum atomic E-state index is -0.523. The van der Waals surface area contributed by atoms with Crippen LogP contribution in [0.15, 0.2) is 0 Å². The highest BCUT2D eigenvalue weighted by Gasteiger charge is 2.20. The van der Waals surface area contributed by atoms with Crippen LogP contribution < -0.4 is 15.4 Å². The van der Waals surface area contributed by atoms with E-state index in [0.717, 1.165) is 36.7 Å². The van der Waals surface area contributed by atoms with Gasteiger partial charge in [0.1, 0.15) is 11.7 Å². The van der Waals surface area contributed by atoms with Gasteiger partial charge in [-0.3, -0.25) is 5.32 Å². The Morgan fingerprint density at radius 1 is 1.38 bits per heavy atom. The van der Waals surface area contributed by atoms with E-state index in [4.69, 9.17) is 9.47 Å². The summed E-state index contributed by atoms with van der Waals surface area (Å²) in [6.45, 7) is 9.31. The molecule has 6 nitrogen and oxygen atoms in total. The molecule has 0 bridgehead atoms. The summed E-state index contributed by atoms with van der Waals surface area (Å²) in [5.74, 6) is 0. The molecule has 1 saturated heterocycles. The Morgan fingerprint density at radius 2 is 2.05 bits per heavy atom. The molecule has 7 heteroatoms. The number of anilines is 1. The van der Waals surface area contributed by atoms with Gasteiger partial charge in [-0.15, -0.1) is 0 Å². The third-order valence-corrected chi connectivity index (χ3v) is 3.89. The highest BCUT2D eigenvalue weighted by atomic mass is 32.1. The van der Waals surface area contributed by atoms with Crippen LogP contribution in [0.3, 0.4) is 0 Å². The van der Waals surface area contributed by atoms with Gasteiger partial charge in [-0.1, -0.05) is 11.3 Å². The molecular formula is C14H23N3O3S. The number of nitrogens with one attached hydrogen (secondary N) is 2. The highest BCUT2D eigenvalue weighted by molar-refractivity contribution is 7.17. The molecule has 21 heavy (non-hydrogen) atoms. The number of hydrogen-bond acceptors (Lipinski definition) is 6. The van der Waals surface area contributed by atoms with Crippen molar-refractivity contribution in [2.75, 3.05) is 18.4 Å². The zero-order valence-corrected chi connectivity index (χ0v) is 13.8. The Hall–Kier alpha value is -1.34. The van der Waals surface area contributed by atoms with Crippen molar-refractivity contribution in [3.05, 3.63) is 5.69 Å². The summed E-state index contributed by atoms with van der Waals surface area (Å²) >= 11 is 1.34. The van der Waals surface area contributed by atoms with Crippen molar-refractivity contribution in [2.45, 2.75) is 52.2 Å². The molecule has 2 N–H and O–H groups in total. The van der Waals surface area contributed by atoms with E-state index >= 15 is 0 Å². The molecule has 1 aromatic rings. The minimum absolute atomic E-state index is 0.222. The number of piperidine rings is 1.